The van der Waals surface area contributed by atoms with Crippen molar-refractivity contribution in [2.45, 2.75) is 13.0 Å². The third-order valence-electron chi connectivity index (χ3n) is 3.90. The summed E-state index contributed by atoms with van der Waals surface area (Å²) in [5, 5.41) is 11.4. The zero-order chi connectivity index (χ0) is 14.7. The number of para-hydroxylation sites is 1. The first-order valence-corrected chi connectivity index (χ1v) is 7.33. The Morgan fingerprint density at radius 3 is 2.38 bits per heavy atom. The lowest BCUT2D eigenvalue weighted by Gasteiger charge is -2.35. The predicted molar refractivity (Wildman–Crippen MR) is 82.6 cm³/mol. The molecule has 1 unspecified atom stereocenters. The van der Waals surface area contributed by atoms with Crippen molar-refractivity contribution in [2.75, 3.05) is 43.0 Å². The molecule has 1 aliphatic heterocycles. The van der Waals surface area contributed by atoms with E-state index >= 15 is 0 Å². The molecule has 0 aliphatic carbocycles. The van der Waals surface area contributed by atoms with Crippen molar-refractivity contribution in [3.8, 4) is 0 Å². The van der Waals surface area contributed by atoms with Crippen LogP contribution in [0.2, 0.25) is 0 Å². The number of hydrogen-bond donors (Lipinski definition) is 1. The largest absolute Gasteiger partial charge is 0.406 e. The van der Waals surface area contributed by atoms with Gasteiger partial charge < -0.3 is 19.5 Å². The number of piperazine rings is 1. The van der Waals surface area contributed by atoms with Crippen LogP contribution in [0.3, 0.4) is 0 Å². The molecule has 0 amide bonds. The zero-order valence-corrected chi connectivity index (χ0v) is 12.5. The summed E-state index contributed by atoms with van der Waals surface area (Å²) in [6, 6.07) is 11.2. The molecule has 2 heterocycles. The second-order valence-corrected chi connectivity index (χ2v) is 5.24. The van der Waals surface area contributed by atoms with E-state index in [2.05, 4.69) is 49.6 Å². The van der Waals surface area contributed by atoms with Gasteiger partial charge in [0.15, 0.2) is 0 Å². The van der Waals surface area contributed by atoms with E-state index in [9.17, 15) is 0 Å². The standard InChI is InChI=1S/C15H21N5O/c1-12(16-2)14-17-18-15(21-14)20-10-8-19(9-11-20)13-6-4-3-5-7-13/h3-7,12,16H,8-11H2,1-2H3. The first-order chi connectivity index (χ1) is 10.3. The van der Waals surface area contributed by atoms with Crippen LogP contribution in [-0.4, -0.2) is 43.4 Å². The van der Waals surface area contributed by atoms with Gasteiger partial charge >= 0.3 is 6.01 Å². The summed E-state index contributed by atoms with van der Waals surface area (Å²) in [5.74, 6) is 0.637. The number of hydrogen-bond acceptors (Lipinski definition) is 6. The maximum Gasteiger partial charge on any atom is 0.318 e. The van der Waals surface area contributed by atoms with E-state index in [1.54, 1.807) is 0 Å². The molecule has 0 spiro atoms. The maximum atomic E-state index is 5.74. The monoisotopic (exact) mass is 287 g/mol. The molecule has 1 aromatic carbocycles. The highest BCUT2D eigenvalue weighted by Crippen LogP contribution is 2.21. The van der Waals surface area contributed by atoms with Crippen LogP contribution in [0.25, 0.3) is 0 Å². The van der Waals surface area contributed by atoms with Gasteiger partial charge in [-0.15, -0.1) is 5.10 Å². The molecule has 1 aromatic heterocycles. The Hall–Kier alpha value is -2.08. The fraction of sp³-hybridized carbons (Fsp3) is 0.467. The highest BCUT2D eigenvalue weighted by atomic mass is 16.4. The summed E-state index contributed by atoms with van der Waals surface area (Å²) in [6.45, 7) is 5.71. The van der Waals surface area contributed by atoms with E-state index in [-0.39, 0.29) is 6.04 Å². The van der Waals surface area contributed by atoms with Crippen molar-refractivity contribution in [1.29, 1.82) is 0 Å². The number of benzene rings is 1. The van der Waals surface area contributed by atoms with Gasteiger partial charge in [0.1, 0.15) is 0 Å². The summed E-state index contributed by atoms with van der Waals surface area (Å²) >= 11 is 0. The van der Waals surface area contributed by atoms with Crippen molar-refractivity contribution in [3.05, 3.63) is 36.2 Å². The van der Waals surface area contributed by atoms with Gasteiger partial charge in [0.25, 0.3) is 0 Å². The number of nitrogens with one attached hydrogen (secondary N) is 1. The third kappa shape index (κ3) is 3.00. The lowest BCUT2D eigenvalue weighted by atomic mass is 10.2. The molecule has 1 aliphatic rings. The average molecular weight is 287 g/mol. The zero-order valence-electron chi connectivity index (χ0n) is 12.5. The van der Waals surface area contributed by atoms with Crippen LogP contribution in [0.15, 0.2) is 34.7 Å². The molecule has 0 saturated carbocycles. The minimum atomic E-state index is 0.0804. The highest BCUT2D eigenvalue weighted by Gasteiger charge is 2.22. The predicted octanol–water partition coefficient (Wildman–Crippen LogP) is 1.68. The molecule has 6 nitrogen and oxygen atoms in total. The van der Waals surface area contributed by atoms with Gasteiger partial charge in [-0.05, 0) is 26.1 Å². The molecule has 6 heteroatoms. The van der Waals surface area contributed by atoms with Crippen LogP contribution in [0.4, 0.5) is 11.7 Å². The summed E-state index contributed by atoms with van der Waals surface area (Å²) in [4.78, 5) is 4.53. The molecule has 21 heavy (non-hydrogen) atoms. The number of aromatic nitrogens is 2. The fourth-order valence-corrected chi connectivity index (χ4v) is 2.45. The van der Waals surface area contributed by atoms with Gasteiger partial charge in [0.2, 0.25) is 5.89 Å². The molecule has 0 radical (unpaired) electrons. The fourth-order valence-electron chi connectivity index (χ4n) is 2.45. The molecule has 0 bridgehead atoms. The van der Waals surface area contributed by atoms with Crippen LogP contribution in [0.5, 0.6) is 0 Å². The van der Waals surface area contributed by atoms with E-state index < -0.39 is 0 Å². The smallest absolute Gasteiger partial charge is 0.318 e. The van der Waals surface area contributed by atoms with E-state index in [0.29, 0.717) is 11.9 Å². The Morgan fingerprint density at radius 2 is 1.71 bits per heavy atom. The Balaban J connectivity index is 1.62. The molecular weight excluding hydrogens is 266 g/mol. The van der Waals surface area contributed by atoms with Gasteiger partial charge in [-0.1, -0.05) is 23.3 Å². The number of anilines is 2. The molecule has 1 saturated heterocycles. The molecule has 1 fully saturated rings. The van der Waals surface area contributed by atoms with Crippen LogP contribution < -0.4 is 15.1 Å². The third-order valence-corrected chi connectivity index (χ3v) is 3.90. The summed E-state index contributed by atoms with van der Waals surface area (Å²) < 4.78 is 5.74. The normalized spacial score (nSPS) is 17.0. The molecular formula is C15H21N5O. The first-order valence-electron chi connectivity index (χ1n) is 7.33. The lowest BCUT2D eigenvalue weighted by Crippen LogP contribution is -2.46. The van der Waals surface area contributed by atoms with E-state index in [0.717, 1.165) is 26.2 Å². The van der Waals surface area contributed by atoms with E-state index in [1.807, 2.05) is 20.0 Å². The average Bonchev–Trinajstić information content (AvgIpc) is 3.05. The first kappa shape index (κ1) is 13.9. The Morgan fingerprint density at radius 1 is 1.05 bits per heavy atom. The highest BCUT2D eigenvalue weighted by molar-refractivity contribution is 5.47. The summed E-state index contributed by atoms with van der Waals surface area (Å²) in [5.41, 5.74) is 1.27. The van der Waals surface area contributed by atoms with Crippen LogP contribution >= 0.6 is 0 Å². The van der Waals surface area contributed by atoms with Gasteiger partial charge in [0.05, 0.1) is 6.04 Å². The van der Waals surface area contributed by atoms with Gasteiger partial charge in [-0.25, -0.2) is 0 Å². The lowest BCUT2D eigenvalue weighted by molar-refractivity contribution is 0.426. The Labute approximate surface area is 124 Å². The number of rotatable bonds is 4. The van der Waals surface area contributed by atoms with E-state index in [4.69, 9.17) is 4.42 Å². The SMILES string of the molecule is CNC(C)c1nnc(N2CCN(c3ccccc3)CC2)o1. The minimum Gasteiger partial charge on any atom is -0.406 e. The topological polar surface area (TPSA) is 57.4 Å². The summed E-state index contributed by atoms with van der Waals surface area (Å²) in [7, 11) is 1.88. The van der Waals surface area contributed by atoms with Crippen LogP contribution in [0, 0.1) is 0 Å². The maximum absolute atomic E-state index is 5.74. The molecule has 2 aromatic rings. The van der Waals surface area contributed by atoms with Gasteiger partial charge in [-0.3, -0.25) is 0 Å². The number of nitrogens with zero attached hydrogens (tertiary/aromatic N) is 4. The van der Waals surface area contributed by atoms with Crippen molar-refractivity contribution < 1.29 is 4.42 Å². The van der Waals surface area contributed by atoms with Crippen molar-refractivity contribution in [3.63, 3.8) is 0 Å². The Kier molecular flexibility index (Phi) is 4.06. The van der Waals surface area contributed by atoms with Crippen LogP contribution in [0.1, 0.15) is 18.9 Å². The molecule has 3 rings (SSSR count). The quantitative estimate of drug-likeness (QED) is 0.923. The van der Waals surface area contributed by atoms with Gasteiger partial charge in [0, 0.05) is 31.9 Å². The molecule has 112 valence electrons. The van der Waals surface area contributed by atoms with E-state index in [1.165, 1.54) is 5.69 Å². The van der Waals surface area contributed by atoms with Crippen molar-refractivity contribution in [2.24, 2.45) is 0 Å². The van der Waals surface area contributed by atoms with Crippen molar-refractivity contribution >= 4 is 11.7 Å². The summed E-state index contributed by atoms with van der Waals surface area (Å²) in [6.07, 6.45) is 0. The van der Waals surface area contributed by atoms with Gasteiger partial charge in [-0.2, -0.15) is 0 Å². The molecule has 1 atom stereocenters. The van der Waals surface area contributed by atoms with Crippen LogP contribution in [-0.2, 0) is 0 Å². The molecule has 1 N–H and O–H groups in total. The Bertz CT molecular complexity index is 562. The minimum absolute atomic E-state index is 0.0804. The second-order valence-electron chi connectivity index (χ2n) is 5.24. The second kappa shape index (κ2) is 6.13. The van der Waals surface area contributed by atoms with Crippen molar-refractivity contribution in [1.82, 2.24) is 15.5 Å².